The summed E-state index contributed by atoms with van der Waals surface area (Å²) in [6.07, 6.45) is 2.04. The van der Waals surface area contributed by atoms with E-state index >= 15 is 0 Å². The number of nitrogens with zero attached hydrogens (tertiary/aromatic N) is 2. The van der Waals surface area contributed by atoms with Gasteiger partial charge >= 0.3 is 0 Å². The molecule has 1 aliphatic heterocycles. The van der Waals surface area contributed by atoms with Crippen LogP contribution in [0, 0.1) is 0 Å². The number of aliphatic hydroxyl groups is 1. The molecule has 1 atom stereocenters. The van der Waals surface area contributed by atoms with Crippen LogP contribution >= 0.6 is 0 Å². The Bertz CT molecular complexity index is 778. The molecule has 1 amide bonds. The molecule has 22 heavy (non-hydrogen) atoms. The van der Waals surface area contributed by atoms with Gasteiger partial charge in [-0.1, -0.05) is 0 Å². The minimum Gasteiger partial charge on any atom is -0.387 e. The van der Waals surface area contributed by atoms with Gasteiger partial charge in [0.05, 0.1) is 22.8 Å². The standard InChI is InChI=1S/C15H18N4O3/c1-19-9-18-12-6-10(2-3-11(12)14(19)21)13(20)17-8-15(22)4-5-16-7-15/h2-3,6,9,16,22H,4-5,7-8H2,1H3,(H,17,20). The fourth-order valence-electron chi connectivity index (χ4n) is 2.58. The van der Waals surface area contributed by atoms with E-state index in [0.29, 0.717) is 29.4 Å². The van der Waals surface area contributed by atoms with E-state index < -0.39 is 5.60 Å². The minimum atomic E-state index is -0.888. The van der Waals surface area contributed by atoms with Crippen LogP contribution in [0.2, 0.25) is 0 Å². The van der Waals surface area contributed by atoms with Gasteiger partial charge in [0.15, 0.2) is 0 Å². The summed E-state index contributed by atoms with van der Waals surface area (Å²) in [4.78, 5) is 28.3. The van der Waals surface area contributed by atoms with E-state index in [2.05, 4.69) is 15.6 Å². The van der Waals surface area contributed by atoms with E-state index in [4.69, 9.17) is 0 Å². The molecule has 1 fully saturated rings. The van der Waals surface area contributed by atoms with Gasteiger partial charge in [-0.05, 0) is 31.2 Å². The molecule has 0 aliphatic carbocycles. The lowest BCUT2D eigenvalue weighted by Crippen LogP contribution is -2.44. The number of hydrogen-bond donors (Lipinski definition) is 3. The number of hydrogen-bond acceptors (Lipinski definition) is 5. The molecule has 2 aromatic rings. The zero-order chi connectivity index (χ0) is 15.7. The molecule has 3 rings (SSSR count). The lowest BCUT2D eigenvalue weighted by atomic mass is 10.0. The fourth-order valence-corrected chi connectivity index (χ4v) is 2.58. The van der Waals surface area contributed by atoms with Gasteiger partial charge in [-0.3, -0.25) is 9.59 Å². The Labute approximate surface area is 127 Å². The average molecular weight is 302 g/mol. The first-order valence-electron chi connectivity index (χ1n) is 7.15. The second kappa shape index (κ2) is 5.51. The summed E-state index contributed by atoms with van der Waals surface area (Å²) >= 11 is 0. The SMILES string of the molecule is Cn1cnc2cc(C(=O)NCC3(O)CCNC3)ccc2c1=O. The Balaban J connectivity index is 1.79. The number of aryl methyl sites for hydroxylation is 1. The molecule has 0 spiro atoms. The first kappa shape index (κ1) is 14.7. The van der Waals surface area contributed by atoms with Crippen molar-refractivity contribution >= 4 is 16.8 Å². The Hall–Kier alpha value is -2.25. The van der Waals surface area contributed by atoms with Crippen LogP contribution in [0.1, 0.15) is 16.8 Å². The number of rotatable bonds is 3. The number of nitrogens with one attached hydrogen (secondary N) is 2. The van der Waals surface area contributed by atoms with Crippen molar-refractivity contribution in [1.82, 2.24) is 20.2 Å². The van der Waals surface area contributed by atoms with Gasteiger partial charge in [0.2, 0.25) is 0 Å². The Morgan fingerprint density at radius 1 is 1.55 bits per heavy atom. The molecular weight excluding hydrogens is 284 g/mol. The van der Waals surface area contributed by atoms with E-state index in [1.807, 2.05) is 0 Å². The van der Waals surface area contributed by atoms with Crippen molar-refractivity contribution in [2.75, 3.05) is 19.6 Å². The number of β-amino-alcohol motifs (C(OH)–C–C–N with tert-alkyl or cyclic N) is 1. The minimum absolute atomic E-state index is 0.150. The van der Waals surface area contributed by atoms with Crippen molar-refractivity contribution in [2.24, 2.45) is 7.05 Å². The molecule has 3 N–H and O–H groups in total. The summed E-state index contributed by atoms with van der Waals surface area (Å²) in [5, 5.41) is 16.5. The van der Waals surface area contributed by atoms with E-state index in [1.165, 1.54) is 10.9 Å². The van der Waals surface area contributed by atoms with Gasteiger partial charge in [-0.2, -0.15) is 0 Å². The quantitative estimate of drug-likeness (QED) is 0.703. The number of amides is 1. The zero-order valence-electron chi connectivity index (χ0n) is 12.3. The molecule has 1 unspecified atom stereocenters. The Kier molecular flexibility index (Phi) is 3.67. The maximum Gasteiger partial charge on any atom is 0.260 e. The van der Waals surface area contributed by atoms with Crippen LogP contribution in [-0.2, 0) is 7.05 Å². The number of fused-ring (bicyclic) bond motifs is 1. The molecule has 7 nitrogen and oxygen atoms in total. The first-order chi connectivity index (χ1) is 10.5. The van der Waals surface area contributed by atoms with Crippen molar-refractivity contribution in [3.05, 3.63) is 40.4 Å². The smallest absolute Gasteiger partial charge is 0.260 e. The summed E-state index contributed by atoms with van der Waals surface area (Å²) in [5.41, 5.74) is -0.135. The van der Waals surface area contributed by atoms with Crippen molar-refractivity contribution in [3.8, 4) is 0 Å². The Morgan fingerprint density at radius 2 is 2.36 bits per heavy atom. The number of carbonyl (C=O) groups is 1. The molecule has 7 heteroatoms. The lowest BCUT2D eigenvalue weighted by molar-refractivity contribution is 0.0562. The van der Waals surface area contributed by atoms with Gasteiger partial charge in [0, 0.05) is 25.7 Å². The van der Waals surface area contributed by atoms with E-state index in [-0.39, 0.29) is 18.0 Å². The van der Waals surface area contributed by atoms with Crippen molar-refractivity contribution in [3.63, 3.8) is 0 Å². The summed E-state index contributed by atoms with van der Waals surface area (Å²) in [6.45, 7) is 1.42. The molecule has 0 saturated carbocycles. The average Bonchev–Trinajstić information content (AvgIpc) is 2.95. The van der Waals surface area contributed by atoms with Gasteiger partial charge in [-0.25, -0.2) is 4.98 Å². The predicted molar refractivity (Wildman–Crippen MR) is 81.8 cm³/mol. The molecule has 1 aromatic heterocycles. The van der Waals surface area contributed by atoms with Crippen LogP contribution in [0.25, 0.3) is 10.9 Å². The highest BCUT2D eigenvalue weighted by molar-refractivity contribution is 5.97. The largest absolute Gasteiger partial charge is 0.387 e. The monoisotopic (exact) mass is 302 g/mol. The number of carbonyl (C=O) groups excluding carboxylic acids is 1. The van der Waals surface area contributed by atoms with Crippen LogP contribution < -0.4 is 16.2 Å². The highest BCUT2D eigenvalue weighted by Crippen LogP contribution is 2.14. The van der Waals surface area contributed by atoms with Crippen LogP contribution in [-0.4, -0.2) is 45.8 Å². The lowest BCUT2D eigenvalue weighted by Gasteiger charge is -2.21. The van der Waals surface area contributed by atoms with E-state index in [1.54, 1.807) is 25.2 Å². The maximum absolute atomic E-state index is 12.2. The normalized spacial score (nSPS) is 21.2. The third-order valence-electron chi connectivity index (χ3n) is 3.98. The first-order valence-corrected chi connectivity index (χ1v) is 7.15. The molecule has 1 aliphatic rings. The molecule has 1 saturated heterocycles. The highest BCUT2D eigenvalue weighted by Gasteiger charge is 2.31. The van der Waals surface area contributed by atoms with Crippen LogP contribution in [0.5, 0.6) is 0 Å². The topological polar surface area (TPSA) is 96.2 Å². The number of benzene rings is 1. The van der Waals surface area contributed by atoms with E-state index in [9.17, 15) is 14.7 Å². The van der Waals surface area contributed by atoms with Crippen LogP contribution in [0.3, 0.4) is 0 Å². The van der Waals surface area contributed by atoms with Crippen molar-refractivity contribution in [1.29, 1.82) is 0 Å². The molecule has 1 aromatic carbocycles. The molecule has 2 heterocycles. The van der Waals surface area contributed by atoms with Crippen molar-refractivity contribution in [2.45, 2.75) is 12.0 Å². The molecule has 0 bridgehead atoms. The predicted octanol–water partition coefficient (Wildman–Crippen LogP) is -0.612. The van der Waals surface area contributed by atoms with Gasteiger partial charge in [-0.15, -0.1) is 0 Å². The Morgan fingerprint density at radius 3 is 3.09 bits per heavy atom. The summed E-state index contributed by atoms with van der Waals surface area (Å²) in [7, 11) is 1.63. The maximum atomic E-state index is 12.2. The molecule has 116 valence electrons. The summed E-state index contributed by atoms with van der Waals surface area (Å²) in [5.74, 6) is -0.287. The second-order valence-electron chi connectivity index (χ2n) is 5.73. The second-order valence-corrected chi connectivity index (χ2v) is 5.73. The van der Waals surface area contributed by atoms with E-state index in [0.717, 1.165) is 6.54 Å². The fraction of sp³-hybridized carbons (Fsp3) is 0.400. The van der Waals surface area contributed by atoms with Crippen molar-refractivity contribution < 1.29 is 9.90 Å². The van der Waals surface area contributed by atoms with Gasteiger partial charge in [0.1, 0.15) is 0 Å². The highest BCUT2D eigenvalue weighted by atomic mass is 16.3. The molecule has 0 radical (unpaired) electrons. The van der Waals surface area contributed by atoms with Gasteiger partial charge in [0.25, 0.3) is 11.5 Å². The zero-order valence-corrected chi connectivity index (χ0v) is 12.3. The molecular formula is C15H18N4O3. The third kappa shape index (κ3) is 2.72. The summed E-state index contributed by atoms with van der Waals surface area (Å²) in [6, 6.07) is 4.78. The third-order valence-corrected chi connectivity index (χ3v) is 3.98. The summed E-state index contributed by atoms with van der Waals surface area (Å²) < 4.78 is 1.39. The van der Waals surface area contributed by atoms with Crippen LogP contribution in [0.4, 0.5) is 0 Å². The number of aromatic nitrogens is 2. The van der Waals surface area contributed by atoms with Gasteiger partial charge < -0.3 is 20.3 Å². The van der Waals surface area contributed by atoms with Crippen LogP contribution in [0.15, 0.2) is 29.3 Å².